The highest BCUT2D eigenvalue weighted by molar-refractivity contribution is 5.48. The minimum absolute atomic E-state index is 0.0299. The number of nitriles is 1. The predicted molar refractivity (Wildman–Crippen MR) is 75.4 cm³/mol. The number of nitro benzene ring substituents is 1. The van der Waals surface area contributed by atoms with E-state index in [9.17, 15) is 10.1 Å². The smallest absolute Gasteiger partial charge is 0.311 e. The van der Waals surface area contributed by atoms with Gasteiger partial charge in [0.25, 0.3) is 0 Å². The maximum atomic E-state index is 11.0. The number of hydrogen-bond donors (Lipinski definition) is 1. The van der Waals surface area contributed by atoms with Gasteiger partial charge in [0.1, 0.15) is 0 Å². The second-order valence-corrected chi connectivity index (χ2v) is 4.35. The Morgan fingerprint density at radius 3 is 2.95 bits per heavy atom. The summed E-state index contributed by atoms with van der Waals surface area (Å²) in [6.07, 6.45) is 1.96. The van der Waals surface area contributed by atoms with Crippen LogP contribution in [0.5, 0.6) is 5.75 Å². The molecule has 20 heavy (non-hydrogen) atoms. The first-order valence-corrected chi connectivity index (χ1v) is 6.66. The lowest BCUT2D eigenvalue weighted by atomic mass is 10.2. The molecule has 0 amide bonds. The van der Waals surface area contributed by atoms with Gasteiger partial charge in [-0.1, -0.05) is 13.0 Å². The fraction of sp³-hybridized carbons (Fsp3) is 0.500. The molecule has 0 fully saturated rings. The number of unbranched alkanes of at least 4 members (excludes halogenated alkanes) is 1. The molecule has 108 valence electrons. The van der Waals surface area contributed by atoms with Crippen LogP contribution in [0, 0.1) is 21.4 Å². The molecule has 0 radical (unpaired) electrons. The second kappa shape index (κ2) is 8.88. The molecule has 0 atom stereocenters. The summed E-state index contributed by atoms with van der Waals surface area (Å²) in [7, 11) is 0. The van der Waals surface area contributed by atoms with Crippen molar-refractivity contribution in [3.05, 3.63) is 33.9 Å². The maximum absolute atomic E-state index is 11.0. The summed E-state index contributed by atoms with van der Waals surface area (Å²) in [6.45, 7) is 3.85. The highest BCUT2D eigenvalue weighted by Crippen LogP contribution is 2.28. The summed E-state index contributed by atoms with van der Waals surface area (Å²) in [5.41, 5.74) is 0.826. The zero-order chi connectivity index (χ0) is 14.8. The standard InChI is InChI=1S/C14H19N3O3/c1-2-8-16-11-12-5-6-14(13(10-12)17(18)19)20-9-4-3-7-15/h5-6,10,16H,2-4,8-9,11H2,1H3. The molecular formula is C14H19N3O3. The monoisotopic (exact) mass is 277 g/mol. The van der Waals surface area contributed by atoms with Crippen molar-refractivity contribution >= 4 is 5.69 Å². The summed E-state index contributed by atoms with van der Waals surface area (Å²) < 4.78 is 5.37. The third kappa shape index (κ3) is 5.24. The summed E-state index contributed by atoms with van der Waals surface area (Å²) in [5.74, 6) is 0.257. The number of rotatable bonds is 9. The molecule has 0 aromatic heterocycles. The molecule has 0 saturated heterocycles. The summed E-state index contributed by atoms with van der Waals surface area (Å²) in [4.78, 5) is 10.6. The summed E-state index contributed by atoms with van der Waals surface area (Å²) >= 11 is 0. The first kappa shape index (κ1) is 15.9. The Bertz CT molecular complexity index is 483. The summed E-state index contributed by atoms with van der Waals surface area (Å²) in [6, 6.07) is 6.97. The zero-order valence-corrected chi connectivity index (χ0v) is 11.6. The van der Waals surface area contributed by atoms with Crippen molar-refractivity contribution in [3.63, 3.8) is 0 Å². The highest BCUT2D eigenvalue weighted by atomic mass is 16.6. The Morgan fingerprint density at radius 2 is 2.30 bits per heavy atom. The molecule has 1 aromatic carbocycles. The minimum atomic E-state index is -0.442. The quantitative estimate of drug-likeness (QED) is 0.426. The number of ether oxygens (including phenoxy) is 1. The van der Waals surface area contributed by atoms with E-state index in [0.29, 0.717) is 26.0 Å². The fourth-order valence-electron chi connectivity index (χ4n) is 1.68. The molecule has 6 nitrogen and oxygen atoms in total. The van der Waals surface area contributed by atoms with Crippen molar-refractivity contribution in [3.8, 4) is 11.8 Å². The fourth-order valence-corrected chi connectivity index (χ4v) is 1.68. The molecule has 0 aliphatic carbocycles. The van der Waals surface area contributed by atoms with E-state index < -0.39 is 4.92 Å². The van der Waals surface area contributed by atoms with E-state index in [4.69, 9.17) is 10.00 Å². The van der Waals surface area contributed by atoms with Crippen LogP contribution in [-0.2, 0) is 6.54 Å². The van der Waals surface area contributed by atoms with Gasteiger partial charge in [0.05, 0.1) is 17.6 Å². The van der Waals surface area contributed by atoms with Crippen LogP contribution in [0.2, 0.25) is 0 Å². The van der Waals surface area contributed by atoms with Gasteiger partial charge in [0.15, 0.2) is 5.75 Å². The SMILES string of the molecule is CCCNCc1ccc(OCCCC#N)c([N+](=O)[O-])c1. The number of nitrogens with one attached hydrogen (secondary N) is 1. The van der Waals surface area contributed by atoms with E-state index in [1.54, 1.807) is 6.07 Å². The van der Waals surface area contributed by atoms with Gasteiger partial charge in [0, 0.05) is 19.0 Å². The van der Waals surface area contributed by atoms with E-state index >= 15 is 0 Å². The Kier molecular flexibility index (Phi) is 7.07. The highest BCUT2D eigenvalue weighted by Gasteiger charge is 2.15. The van der Waals surface area contributed by atoms with Gasteiger partial charge in [-0.3, -0.25) is 10.1 Å². The molecule has 0 spiro atoms. The van der Waals surface area contributed by atoms with Gasteiger partial charge < -0.3 is 10.1 Å². The van der Waals surface area contributed by atoms with E-state index in [-0.39, 0.29) is 11.4 Å². The second-order valence-electron chi connectivity index (χ2n) is 4.35. The average Bonchev–Trinajstić information content (AvgIpc) is 2.44. The van der Waals surface area contributed by atoms with Crippen molar-refractivity contribution in [2.24, 2.45) is 0 Å². The van der Waals surface area contributed by atoms with Gasteiger partial charge in [-0.25, -0.2) is 0 Å². The van der Waals surface area contributed by atoms with Gasteiger partial charge in [-0.2, -0.15) is 5.26 Å². The van der Waals surface area contributed by atoms with Crippen LogP contribution in [0.4, 0.5) is 5.69 Å². The van der Waals surface area contributed by atoms with Crippen molar-refractivity contribution < 1.29 is 9.66 Å². The predicted octanol–water partition coefficient (Wildman–Crippen LogP) is 2.78. The van der Waals surface area contributed by atoms with E-state index in [2.05, 4.69) is 12.2 Å². The molecular weight excluding hydrogens is 258 g/mol. The molecule has 1 N–H and O–H groups in total. The van der Waals surface area contributed by atoms with Gasteiger partial charge >= 0.3 is 5.69 Å². The van der Waals surface area contributed by atoms with Crippen LogP contribution in [0.3, 0.4) is 0 Å². The van der Waals surface area contributed by atoms with Gasteiger partial charge in [0.2, 0.25) is 0 Å². The van der Waals surface area contributed by atoms with Crippen molar-refractivity contribution in [1.82, 2.24) is 5.32 Å². The number of hydrogen-bond acceptors (Lipinski definition) is 5. The van der Waals surface area contributed by atoms with Crippen molar-refractivity contribution in [1.29, 1.82) is 5.26 Å². The Balaban J connectivity index is 2.69. The molecule has 0 heterocycles. The first-order valence-electron chi connectivity index (χ1n) is 6.66. The molecule has 6 heteroatoms. The molecule has 0 aliphatic rings. The molecule has 0 saturated carbocycles. The van der Waals surface area contributed by atoms with Crippen LogP contribution in [0.25, 0.3) is 0 Å². The topological polar surface area (TPSA) is 88.2 Å². The Morgan fingerprint density at radius 1 is 1.50 bits per heavy atom. The lowest BCUT2D eigenvalue weighted by Crippen LogP contribution is -2.14. The average molecular weight is 277 g/mol. The number of nitro groups is 1. The molecule has 0 bridgehead atoms. The molecule has 0 aliphatic heterocycles. The largest absolute Gasteiger partial charge is 0.487 e. The third-order valence-electron chi connectivity index (χ3n) is 2.67. The van der Waals surface area contributed by atoms with Crippen LogP contribution >= 0.6 is 0 Å². The summed E-state index contributed by atoms with van der Waals surface area (Å²) in [5, 5.41) is 22.7. The number of benzene rings is 1. The Hall–Kier alpha value is -2.13. The lowest BCUT2D eigenvalue weighted by molar-refractivity contribution is -0.385. The molecule has 1 aromatic rings. The normalized spacial score (nSPS) is 10.0. The van der Waals surface area contributed by atoms with Crippen LogP contribution in [0.1, 0.15) is 31.7 Å². The van der Waals surface area contributed by atoms with Gasteiger partial charge in [-0.15, -0.1) is 0 Å². The van der Waals surface area contributed by atoms with E-state index in [0.717, 1.165) is 18.5 Å². The first-order chi connectivity index (χ1) is 9.69. The van der Waals surface area contributed by atoms with E-state index in [1.165, 1.54) is 6.07 Å². The van der Waals surface area contributed by atoms with Crippen LogP contribution < -0.4 is 10.1 Å². The molecule has 1 rings (SSSR count). The maximum Gasteiger partial charge on any atom is 0.311 e. The van der Waals surface area contributed by atoms with Gasteiger partial charge in [-0.05, 0) is 31.0 Å². The van der Waals surface area contributed by atoms with Crippen molar-refractivity contribution in [2.45, 2.75) is 32.7 Å². The Labute approximate surface area is 118 Å². The molecule has 0 unspecified atom stereocenters. The third-order valence-corrected chi connectivity index (χ3v) is 2.67. The number of nitrogens with zero attached hydrogens (tertiary/aromatic N) is 2. The van der Waals surface area contributed by atoms with Crippen LogP contribution in [0.15, 0.2) is 18.2 Å². The minimum Gasteiger partial charge on any atom is -0.487 e. The lowest BCUT2D eigenvalue weighted by Gasteiger charge is -2.08. The van der Waals surface area contributed by atoms with Crippen LogP contribution in [-0.4, -0.2) is 18.1 Å². The van der Waals surface area contributed by atoms with Crippen molar-refractivity contribution in [2.75, 3.05) is 13.2 Å². The van der Waals surface area contributed by atoms with E-state index in [1.807, 2.05) is 12.1 Å². The zero-order valence-electron chi connectivity index (χ0n) is 11.6.